The number of nitro benzene ring substituents is 1. The Hall–Kier alpha value is -2.64. The Morgan fingerprint density at radius 2 is 1.81 bits per heavy atom. The Bertz CT molecular complexity index is 805. The van der Waals surface area contributed by atoms with E-state index in [1.54, 1.807) is 12.1 Å². The Morgan fingerprint density at radius 1 is 1.11 bits per heavy atom. The van der Waals surface area contributed by atoms with Gasteiger partial charge in [-0.3, -0.25) is 19.8 Å². The number of hydrogen-bond donors (Lipinski definition) is 1. The SMILES string of the molecule is O=C(CCN1CCN(c2cccc(Cl)c2)CC1)Nc1ccc([N+](=O)[O-])cc1. The summed E-state index contributed by atoms with van der Waals surface area (Å²) in [6.45, 7) is 4.24. The highest BCUT2D eigenvalue weighted by molar-refractivity contribution is 6.30. The first-order chi connectivity index (χ1) is 13.0. The van der Waals surface area contributed by atoms with Crippen LogP contribution >= 0.6 is 11.6 Å². The van der Waals surface area contributed by atoms with Crippen LogP contribution in [0.25, 0.3) is 0 Å². The summed E-state index contributed by atoms with van der Waals surface area (Å²) in [5.41, 5.74) is 1.69. The molecule has 0 radical (unpaired) electrons. The van der Waals surface area contributed by atoms with E-state index < -0.39 is 4.92 Å². The number of nitrogens with one attached hydrogen (secondary N) is 1. The lowest BCUT2D eigenvalue weighted by Gasteiger charge is -2.36. The summed E-state index contributed by atoms with van der Waals surface area (Å²) in [5.74, 6) is -0.0962. The molecular formula is C19H21ClN4O3. The van der Waals surface area contributed by atoms with Gasteiger partial charge < -0.3 is 10.2 Å². The summed E-state index contributed by atoms with van der Waals surface area (Å²) in [4.78, 5) is 26.8. The fourth-order valence-corrected chi connectivity index (χ4v) is 3.24. The zero-order valence-electron chi connectivity index (χ0n) is 14.8. The molecule has 0 bridgehead atoms. The second-order valence-corrected chi connectivity index (χ2v) is 6.85. The maximum absolute atomic E-state index is 12.1. The quantitative estimate of drug-likeness (QED) is 0.606. The fourth-order valence-electron chi connectivity index (χ4n) is 3.05. The summed E-state index contributed by atoms with van der Waals surface area (Å²) < 4.78 is 0. The van der Waals surface area contributed by atoms with Crippen molar-refractivity contribution in [3.8, 4) is 0 Å². The second-order valence-electron chi connectivity index (χ2n) is 6.41. The second kappa shape index (κ2) is 8.83. The van der Waals surface area contributed by atoms with Crippen molar-refractivity contribution in [2.24, 2.45) is 0 Å². The van der Waals surface area contributed by atoms with Gasteiger partial charge in [0.05, 0.1) is 4.92 Å². The minimum Gasteiger partial charge on any atom is -0.369 e. The van der Waals surface area contributed by atoms with E-state index in [0.717, 1.165) is 36.9 Å². The molecule has 1 heterocycles. The third-order valence-corrected chi connectivity index (χ3v) is 4.80. The van der Waals surface area contributed by atoms with Gasteiger partial charge >= 0.3 is 0 Å². The zero-order chi connectivity index (χ0) is 19.2. The molecule has 2 aromatic rings. The van der Waals surface area contributed by atoms with Gasteiger partial charge in [0.1, 0.15) is 0 Å². The number of benzene rings is 2. The molecule has 7 nitrogen and oxygen atoms in total. The van der Waals surface area contributed by atoms with Crippen LogP contribution in [-0.2, 0) is 4.79 Å². The Balaban J connectivity index is 1.41. The molecule has 0 saturated carbocycles. The van der Waals surface area contributed by atoms with Gasteiger partial charge in [0.15, 0.2) is 0 Å². The standard InChI is InChI=1S/C19H21ClN4O3/c20-15-2-1-3-18(14-15)23-12-10-22(11-13-23)9-8-19(25)21-16-4-6-17(7-5-16)24(26)27/h1-7,14H,8-13H2,(H,21,25). The van der Waals surface area contributed by atoms with Crippen LogP contribution in [0.3, 0.4) is 0 Å². The molecule has 0 unspecified atom stereocenters. The molecule has 3 rings (SSSR count). The number of piperazine rings is 1. The number of carbonyl (C=O) groups is 1. The first-order valence-electron chi connectivity index (χ1n) is 8.78. The molecule has 0 atom stereocenters. The van der Waals surface area contributed by atoms with Gasteiger partial charge in [0.2, 0.25) is 5.91 Å². The van der Waals surface area contributed by atoms with E-state index in [1.807, 2.05) is 18.2 Å². The third kappa shape index (κ3) is 5.42. The van der Waals surface area contributed by atoms with Crippen LogP contribution in [0.1, 0.15) is 6.42 Å². The molecule has 2 aromatic carbocycles. The smallest absolute Gasteiger partial charge is 0.269 e. The summed E-state index contributed by atoms with van der Waals surface area (Å²) in [7, 11) is 0. The molecular weight excluding hydrogens is 368 g/mol. The van der Waals surface area contributed by atoms with Gasteiger partial charge in [0, 0.05) is 67.7 Å². The van der Waals surface area contributed by atoms with Gasteiger partial charge in [-0.25, -0.2) is 0 Å². The molecule has 1 aliphatic rings. The summed E-state index contributed by atoms with van der Waals surface area (Å²) in [6, 6.07) is 13.7. The molecule has 1 amide bonds. The lowest BCUT2D eigenvalue weighted by Crippen LogP contribution is -2.47. The van der Waals surface area contributed by atoms with Crippen molar-refractivity contribution in [1.82, 2.24) is 4.90 Å². The van der Waals surface area contributed by atoms with Crippen molar-refractivity contribution in [3.05, 3.63) is 63.7 Å². The Kier molecular flexibility index (Phi) is 6.26. The molecule has 0 aliphatic carbocycles. The minimum atomic E-state index is -0.464. The van der Waals surface area contributed by atoms with Crippen LogP contribution in [0.2, 0.25) is 5.02 Å². The molecule has 1 fully saturated rings. The number of carbonyl (C=O) groups excluding carboxylic acids is 1. The van der Waals surface area contributed by atoms with E-state index in [1.165, 1.54) is 12.1 Å². The number of hydrogen-bond acceptors (Lipinski definition) is 5. The van der Waals surface area contributed by atoms with Crippen LogP contribution in [-0.4, -0.2) is 48.5 Å². The first kappa shape index (κ1) is 19.1. The molecule has 142 valence electrons. The van der Waals surface area contributed by atoms with Gasteiger partial charge in [0.25, 0.3) is 5.69 Å². The average Bonchev–Trinajstić information content (AvgIpc) is 2.67. The highest BCUT2D eigenvalue weighted by Gasteiger charge is 2.18. The normalized spacial score (nSPS) is 14.8. The molecule has 0 aromatic heterocycles. The molecule has 1 N–H and O–H groups in total. The number of non-ortho nitro benzene ring substituents is 1. The summed E-state index contributed by atoms with van der Waals surface area (Å²) in [6.07, 6.45) is 0.383. The number of halogens is 1. The number of nitro groups is 1. The van der Waals surface area contributed by atoms with E-state index >= 15 is 0 Å². The highest BCUT2D eigenvalue weighted by atomic mass is 35.5. The minimum absolute atomic E-state index is 0.00516. The number of anilines is 2. The van der Waals surface area contributed by atoms with E-state index in [9.17, 15) is 14.9 Å². The Labute approximate surface area is 162 Å². The third-order valence-electron chi connectivity index (χ3n) is 4.56. The largest absolute Gasteiger partial charge is 0.369 e. The maximum atomic E-state index is 12.1. The summed E-state index contributed by atoms with van der Waals surface area (Å²) >= 11 is 6.05. The van der Waals surface area contributed by atoms with Crippen LogP contribution in [0.15, 0.2) is 48.5 Å². The average molecular weight is 389 g/mol. The number of rotatable bonds is 6. The number of nitrogens with zero attached hydrogens (tertiary/aromatic N) is 3. The van der Waals surface area contributed by atoms with Crippen LogP contribution in [0, 0.1) is 10.1 Å². The molecule has 8 heteroatoms. The van der Waals surface area contributed by atoms with E-state index in [-0.39, 0.29) is 11.6 Å². The van der Waals surface area contributed by atoms with Gasteiger partial charge in [-0.05, 0) is 30.3 Å². The summed E-state index contributed by atoms with van der Waals surface area (Å²) in [5, 5.41) is 14.2. The predicted octanol–water partition coefficient (Wildman–Crippen LogP) is 3.40. The fraction of sp³-hybridized carbons (Fsp3) is 0.316. The monoisotopic (exact) mass is 388 g/mol. The van der Waals surface area contributed by atoms with Crippen molar-refractivity contribution in [2.75, 3.05) is 42.9 Å². The van der Waals surface area contributed by atoms with Crippen LogP contribution < -0.4 is 10.2 Å². The van der Waals surface area contributed by atoms with Crippen molar-refractivity contribution in [3.63, 3.8) is 0 Å². The zero-order valence-corrected chi connectivity index (χ0v) is 15.6. The lowest BCUT2D eigenvalue weighted by atomic mass is 10.2. The van der Waals surface area contributed by atoms with E-state index in [2.05, 4.69) is 21.2 Å². The first-order valence-corrected chi connectivity index (χ1v) is 9.16. The van der Waals surface area contributed by atoms with Crippen LogP contribution in [0.4, 0.5) is 17.1 Å². The predicted molar refractivity (Wildman–Crippen MR) is 106 cm³/mol. The maximum Gasteiger partial charge on any atom is 0.269 e. The van der Waals surface area contributed by atoms with Gasteiger partial charge in [-0.1, -0.05) is 17.7 Å². The molecule has 1 aliphatic heterocycles. The lowest BCUT2D eigenvalue weighted by molar-refractivity contribution is -0.384. The highest BCUT2D eigenvalue weighted by Crippen LogP contribution is 2.21. The Morgan fingerprint density at radius 3 is 2.44 bits per heavy atom. The molecule has 27 heavy (non-hydrogen) atoms. The molecule has 0 spiro atoms. The van der Waals surface area contributed by atoms with Crippen molar-refractivity contribution in [1.29, 1.82) is 0 Å². The van der Waals surface area contributed by atoms with E-state index in [0.29, 0.717) is 18.7 Å². The van der Waals surface area contributed by atoms with Crippen molar-refractivity contribution in [2.45, 2.75) is 6.42 Å². The van der Waals surface area contributed by atoms with Crippen LogP contribution in [0.5, 0.6) is 0 Å². The van der Waals surface area contributed by atoms with Crippen molar-refractivity contribution >= 4 is 34.6 Å². The topological polar surface area (TPSA) is 78.7 Å². The van der Waals surface area contributed by atoms with Gasteiger partial charge in [-0.15, -0.1) is 0 Å². The number of amides is 1. The van der Waals surface area contributed by atoms with Crippen molar-refractivity contribution < 1.29 is 9.72 Å². The van der Waals surface area contributed by atoms with Gasteiger partial charge in [-0.2, -0.15) is 0 Å². The van der Waals surface area contributed by atoms with E-state index in [4.69, 9.17) is 11.6 Å². The molecule has 1 saturated heterocycles.